The first kappa shape index (κ1) is 12.3. The molecule has 0 radical (unpaired) electrons. The van der Waals surface area contributed by atoms with Gasteiger partial charge in [0.25, 0.3) is 0 Å². The van der Waals surface area contributed by atoms with Crippen LogP contribution in [0.25, 0.3) is 0 Å². The maximum Gasteiger partial charge on any atom is 0.245 e. The van der Waals surface area contributed by atoms with Gasteiger partial charge >= 0.3 is 0 Å². The van der Waals surface area contributed by atoms with Gasteiger partial charge in [-0.2, -0.15) is 4.98 Å². The number of hydrogen-bond donors (Lipinski definition) is 1. The van der Waals surface area contributed by atoms with Crippen molar-refractivity contribution in [1.82, 2.24) is 9.97 Å². The summed E-state index contributed by atoms with van der Waals surface area (Å²) >= 11 is 3.48. The van der Waals surface area contributed by atoms with Crippen molar-refractivity contribution in [3.8, 4) is 0 Å². The third-order valence-electron chi connectivity index (χ3n) is 2.98. The highest BCUT2D eigenvalue weighted by Gasteiger charge is 2.41. The molecule has 0 aromatic carbocycles. The summed E-state index contributed by atoms with van der Waals surface area (Å²) in [6, 6.07) is 0. The van der Waals surface area contributed by atoms with Crippen LogP contribution in [0.1, 0.15) is 25.1 Å². The number of nitrogens with zero attached hydrogens (tertiary/aromatic N) is 3. The lowest BCUT2D eigenvalue weighted by atomic mass is 9.94. The number of carbonyl (C=O) groups excluding carboxylic acids is 1. The van der Waals surface area contributed by atoms with Crippen LogP contribution in [0.3, 0.4) is 0 Å². The van der Waals surface area contributed by atoms with E-state index in [9.17, 15) is 4.79 Å². The Bertz CT molecular complexity index is 487. The molecule has 2 N–H and O–H groups in total. The number of alkyl halides is 1. The molecular weight excluding hydrogens is 284 g/mol. The SMILES string of the molecule is CCN1C(=O)C(C)(Br)Cc2c(C)nc(N)nc21. The van der Waals surface area contributed by atoms with Crippen molar-refractivity contribution >= 4 is 33.6 Å². The van der Waals surface area contributed by atoms with Gasteiger partial charge in [0.1, 0.15) is 10.1 Å². The fourth-order valence-electron chi connectivity index (χ4n) is 2.11. The summed E-state index contributed by atoms with van der Waals surface area (Å²) < 4.78 is -0.583. The predicted octanol–water partition coefficient (Wildman–Crippen LogP) is 1.43. The van der Waals surface area contributed by atoms with Crippen molar-refractivity contribution in [3.63, 3.8) is 0 Å². The first-order chi connectivity index (χ1) is 7.86. The molecule has 0 saturated heterocycles. The maximum absolute atomic E-state index is 12.2. The molecule has 1 unspecified atom stereocenters. The number of rotatable bonds is 1. The van der Waals surface area contributed by atoms with Gasteiger partial charge in [-0.3, -0.25) is 9.69 Å². The van der Waals surface area contributed by atoms with E-state index in [2.05, 4.69) is 25.9 Å². The van der Waals surface area contributed by atoms with Crippen LogP contribution < -0.4 is 10.6 Å². The van der Waals surface area contributed by atoms with Gasteiger partial charge in [-0.15, -0.1) is 0 Å². The number of aryl methyl sites for hydroxylation is 1. The third kappa shape index (κ3) is 1.90. The highest BCUT2D eigenvalue weighted by molar-refractivity contribution is 9.10. The summed E-state index contributed by atoms with van der Waals surface area (Å²) in [5, 5.41) is 0. The largest absolute Gasteiger partial charge is 0.368 e. The molecule has 0 spiro atoms. The molecule has 2 rings (SSSR count). The summed E-state index contributed by atoms with van der Waals surface area (Å²) in [7, 11) is 0. The van der Waals surface area contributed by atoms with Crippen molar-refractivity contribution in [2.24, 2.45) is 0 Å². The zero-order valence-electron chi connectivity index (χ0n) is 10.1. The van der Waals surface area contributed by atoms with Gasteiger partial charge < -0.3 is 5.73 Å². The predicted molar refractivity (Wildman–Crippen MR) is 70.2 cm³/mol. The molecule has 0 bridgehead atoms. The number of hydrogen-bond acceptors (Lipinski definition) is 4. The fourth-order valence-corrected chi connectivity index (χ4v) is 2.61. The Morgan fingerprint density at radius 1 is 1.53 bits per heavy atom. The van der Waals surface area contributed by atoms with Gasteiger partial charge in [0.2, 0.25) is 11.9 Å². The van der Waals surface area contributed by atoms with E-state index in [1.807, 2.05) is 20.8 Å². The van der Waals surface area contributed by atoms with E-state index < -0.39 is 4.32 Å². The van der Waals surface area contributed by atoms with Gasteiger partial charge in [-0.05, 0) is 20.8 Å². The molecule has 1 aromatic heterocycles. The third-order valence-corrected chi connectivity index (χ3v) is 3.60. The second kappa shape index (κ2) is 3.94. The minimum absolute atomic E-state index is 0.0185. The molecule has 1 atom stereocenters. The molecular formula is C11H15BrN4O. The van der Waals surface area contributed by atoms with E-state index in [-0.39, 0.29) is 11.9 Å². The molecule has 0 aliphatic carbocycles. The zero-order valence-corrected chi connectivity index (χ0v) is 11.7. The minimum Gasteiger partial charge on any atom is -0.368 e. The summed E-state index contributed by atoms with van der Waals surface area (Å²) in [6.45, 7) is 6.26. The summed E-state index contributed by atoms with van der Waals surface area (Å²) in [6.07, 6.45) is 0.587. The average Bonchev–Trinajstić information content (AvgIpc) is 2.22. The molecule has 1 aliphatic heterocycles. The summed E-state index contributed by atoms with van der Waals surface area (Å²) in [5.41, 5.74) is 7.46. The molecule has 1 aromatic rings. The van der Waals surface area contributed by atoms with E-state index >= 15 is 0 Å². The number of amides is 1. The first-order valence-corrected chi connectivity index (χ1v) is 6.30. The van der Waals surface area contributed by atoms with Crippen LogP contribution in [0.4, 0.5) is 11.8 Å². The fraction of sp³-hybridized carbons (Fsp3) is 0.545. The van der Waals surface area contributed by atoms with E-state index in [4.69, 9.17) is 5.73 Å². The molecule has 17 heavy (non-hydrogen) atoms. The zero-order chi connectivity index (χ0) is 12.8. The number of fused-ring (bicyclic) bond motifs is 1. The van der Waals surface area contributed by atoms with Gasteiger partial charge in [0.15, 0.2) is 0 Å². The molecule has 6 heteroatoms. The Morgan fingerprint density at radius 2 is 2.18 bits per heavy atom. The van der Waals surface area contributed by atoms with Crippen LogP contribution in [-0.2, 0) is 11.2 Å². The van der Waals surface area contributed by atoms with E-state index in [0.29, 0.717) is 18.8 Å². The quantitative estimate of drug-likeness (QED) is 0.796. The number of aromatic nitrogens is 2. The van der Waals surface area contributed by atoms with E-state index in [1.54, 1.807) is 4.90 Å². The lowest BCUT2D eigenvalue weighted by Crippen LogP contribution is -2.49. The van der Waals surface area contributed by atoms with Crippen molar-refractivity contribution in [3.05, 3.63) is 11.3 Å². The Kier molecular flexibility index (Phi) is 2.85. The van der Waals surface area contributed by atoms with Gasteiger partial charge in [-0.25, -0.2) is 4.98 Å². The normalized spacial score (nSPS) is 23.8. The lowest BCUT2D eigenvalue weighted by Gasteiger charge is -2.36. The molecule has 0 fully saturated rings. The molecule has 1 aliphatic rings. The van der Waals surface area contributed by atoms with Gasteiger partial charge in [0.05, 0.1) is 0 Å². The Balaban J connectivity index is 2.64. The second-order valence-electron chi connectivity index (χ2n) is 4.39. The van der Waals surface area contributed by atoms with Crippen molar-refractivity contribution in [2.45, 2.75) is 31.5 Å². The molecule has 0 saturated carbocycles. The van der Waals surface area contributed by atoms with Crippen LogP contribution >= 0.6 is 15.9 Å². The van der Waals surface area contributed by atoms with Crippen LogP contribution in [-0.4, -0.2) is 26.7 Å². The number of nitrogen functional groups attached to an aromatic ring is 1. The molecule has 5 nitrogen and oxygen atoms in total. The highest BCUT2D eigenvalue weighted by atomic mass is 79.9. The Morgan fingerprint density at radius 3 is 2.76 bits per heavy atom. The van der Waals surface area contributed by atoms with Crippen LogP contribution in [0.15, 0.2) is 0 Å². The van der Waals surface area contributed by atoms with Crippen LogP contribution in [0, 0.1) is 6.92 Å². The smallest absolute Gasteiger partial charge is 0.245 e. The van der Waals surface area contributed by atoms with E-state index in [0.717, 1.165) is 11.3 Å². The Hall–Kier alpha value is -1.17. The number of carbonyl (C=O) groups is 1. The van der Waals surface area contributed by atoms with Gasteiger partial charge in [-0.1, -0.05) is 15.9 Å². The number of nitrogens with two attached hydrogens (primary N) is 1. The van der Waals surface area contributed by atoms with Crippen molar-refractivity contribution in [2.75, 3.05) is 17.2 Å². The monoisotopic (exact) mass is 298 g/mol. The topological polar surface area (TPSA) is 72.1 Å². The number of halogens is 1. The second-order valence-corrected chi connectivity index (χ2v) is 6.14. The van der Waals surface area contributed by atoms with Gasteiger partial charge in [0, 0.05) is 24.2 Å². The van der Waals surface area contributed by atoms with Crippen LogP contribution in [0.5, 0.6) is 0 Å². The van der Waals surface area contributed by atoms with E-state index in [1.165, 1.54) is 0 Å². The standard InChI is InChI=1S/C11H15BrN4O/c1-4-16-8-7(5-11(3,12)9(16)17)6(2)14-10(13)15-8/h4-5H2,1-3H3,(H2,13,14,15). The minimum atomic E-state index is -0.583. The van der Waals surface area contributed by atoms with Crippen molar-refractivity contribution < 1.29 is 4.79 Å². The molecule has 92 valence electrons. The average molecular weight is 299 g/mol. The van der Waals surface area contributed by atoms with Crippen molar-refractivity contribution in [1.29, 1.82) is 0 Å². The lowest BCUT2D eigenvalue weighted by molar-refractivity contribution is -0.120. The first-order valence-electron chi connectivity index (χ1n) is 5.50. The molecule has 2 heterocycles. The summed E-state index contributed by atoms with van der Waals surface area (Å²) in [5.74, 6) is 0.884. The number of anilines is 2. The maximum atomic E-state index is 12.2. The molecule has 1 amide bonds. The highest BCUT2D eigenvalue weighted by Crippen LogP contribution is 2.37. The summed E-state index contributed by atoms with van der Waals surface area (Å²) in [4.78, 5) is 22.2. The van der Waals surface area contributed by atoms with Crippen LogP contribution in [0.2, 0.25) is 0 Å². The Labute approximate surface area is 109 Å².